The van der Waals surface area contributed by atoms with Gasteiger partial charge in [0, 0.05) is 42.0 Å². The summed E-state index contributed by atoms with van der Waals surface area (Å²) in [5.74, 6) is 0.455. The molecule has 2 unspecified atom stereocenters. The second-order valence-electron chi connectivity index (χ2n) is 12.1. The lowest BCUT2D eigenvalue weighted by Gasteiger charge is -2.44. The first-order valence-electron chi connectivity index (χ1n) is 13.7. The zero-order valence-corrected chi connectivity index (χ0v) is 24.3. The number of carbonyl (C=O) groups excluding carboxylic acids is 2. The van der Waals surface area contributed by atoms with E-state index in [1.54, 1.807) is 14.2 Å². The van der Waals surface area contributed by atoms with Crippen LogP contribution in [0, 0.1) is 17.3 Å². The van der Waals surface area contributed by atoms with Gasteiger partial charge in [0.05, 0.1) is 32.9 Å². The number of nitrogens with zero attached hydrogens (tertiary/aromatic N) is 2. The Morgan fingerprint density at radius 2 is 1.82 bits per heavy atom. The summed E-state index contributed by atoms with van der Waals surface area (Å²) in [5.41, 5.74) is 2.16. The average molecular weight is 554 g/mol. The zero-order valence-electron chi connectivity index (χ0n) is 24.3. The second-order valence-corrected chi connectivity index (χ2v) is 12.1. The summed E-state index contributed by atoms with van der Waals surface area (Å²) >= 11 is 0. The highest BCUT2D eigenvalue weighted by Crippen LogP contribution is 2.46. The summed E-state index contributed by atoms with van der Waals surface area (Å²) < 4.78 is 17.7. The van der Waals surface area contributed by atoms with Gasteiger partial charge in [-0.05, 0) is 31.5 Å². The predicted octanol–water partition coefficient (Wildman–Crippen LogP) is 4.91. The molecule has 2 aromatic carbocycles. The highest BCUT2D eigenvalue weighted by molar-refractivity contribution is 5.92. The van der Waals surface area contributed by atoms with E-state index in [9.17, 15) is 19.5 Å². The molecule has 1 fully saturated rings. The Kier molecular flexibility index (Phi) is 8.56. The van der Waals surface area contributed by atoms with E-state index in [0.29, 0.717) is 37.6 Å². The van der Waals surface area contributed by atoms with Crippen LogP contribution in [0.4, 0.5) is 10.5 Å². The monoisotopic (exact) mass is 553 g/mol. The maximum Gasteiger partial charge on any atom is 0.407 e. The lowest BCUT2D eigenvalue weighted by molar-refractivity contribution is -0.139. The molecule has 4 rings (SSSR count). The molecule has 0 radical (unpaired) electrons. The van der Waals surface area contributed by atoms with Gasteiger partial charge in [0.15, 0.2) is 6.61 Å². The molecule has 0 aromatic heterocycles. The van der Waals surface area contributed by atoms with E-state index in [4.69, 9.17) is 14.2 Å². The van der Waals surface area contributed by atoms with Crippen LogP contribution >= 0.6 is 0 Å². The van der Waals surface area contributed by atoms with Crippen LogP contribution in [0.15, 0.2) is 42.5 Å². The summed E-state index contributed by atoms with van der Waals surface area (Å²) in [5, 5.41) is 9.61. The molecule has 2 amide bonds. The molecular formula is C31H41N2O7+. The zero-order chi connectivity index (χ0) is 29.2. The summed E-state index contributed by atoms with van der Waals surface area (Å²) in [7, 11) is 3.21. The third-order valence-electron chi connectivity index (χ3n) is 8.09. The van der Waals surface area contributed by atoms with E-state index >= 15 is 0 Å². The minimum Gasteiger partial charge on any atom is -0.497 e. The van der Waals surface area contributed by atoms with Crippen molar-refractivity contribution < 1.29 is 33.7 Å². The minimum atomic E-state index is -1.03. The SMILES string of the molecule is COc1ccc2c(c1)C(c1ccccc1OC)OCC(=O)[N+]2(C[C@H]1CCN(C(=O)O)C[C@@H]1C(C)=O)CC(C)(C)C. The van der Waals surface area contributed by atoms with E-state index in [1.165, 1.54) is 11.8 Å². The van der Waals surface area contributed by atoms with Crippen molar-refractivity contribution in [1.82, 2.24) is 9.38 Å². The van der Waals surface area contributed by atoms with Crippen molar-refractivity contribution in [3.63, 3.8) is 0 Å². The molecule has 2 aliphatic rings. The molecule has 1 saturated heterocycles. The molecule has 0 aliphatic carbocycles. The number of benzene rings is 2. The van der Waals surface area contributed by atoms with E-state index in [2.05, 4.69) is 20.8 Å². The second kappa shape index (κ2) is 11.6. The molecule has 2 aliphatic heterocycles. The normalized spacial score (nSPS) is 25.1. The van der Waals surface area contributed by atoms with Crippen molar-refractivity contribution in [1.29, 1.82) is 0 Å². The molecule has 40 heavy (non-hydrogen) atoms. The minimum absolute atomic E-state index is 0.00397. The Balaban J connectivity index is 1.91. The third-order valence-corrected chi connectivity index (χ3v) is 8.09. The van der Waals surface area contributed by atoms with Crippen molar-refractivity contribution in [3.05, 3.63) is 53.6 Å². The number of carboxylic acid groups (broad SMARTS) is 1. The molecule has 0 bridgehead atoms. The van der Waals surface area contributed by atoms with Crippen LogP contribution in [-0.4, -0.2) is 74.8 Å². The van der Waals surface area contributed by atoms with Crippen LogP contribution in [0.5, 0.6) is 11.5 Å². The first-order valence-corrected chi connectivity index (χ1v) is 13.7. The Labute approximate surface area is 236 Å². The van der Waals surface area contributed by atoms with Gasteiger partial charge in [-0.15, -0.1) is 0 Å². The lowest BCUT2D eigenvalue weighted by atomic mass is 9.81. The van der Waals surface area contributed by atoms with Gasteiger partial charge in [0.2, 0.25) is 0 Å². The number of rotatable bonds is 7. The van der Waals surface area contributed by atoms with Gasteiger partial charge >= 0.3 is 12.0 Å². The number of methoxy groups -OCH3 is 2. The summed E-state index contributed by atoms with van der Waals surface area (Å²) in [6, 6.07) is 13.4. The topological polar surface area (TPSA) is 102 Å². The van der Waals surface area contributed by atoms with Gasteiger partial charge in [-0.25, -0.2) is 14.1 Å². The first kappa shape index (κ1) is 29.6. The van der Waals surface area contributed by atoms with Gasteiger partial charge < -0.3 is 24.2 Å². The van der Waals surface area contributed by atoms with Crippen molar-refractivity contribution >= 4 is 23.5 Å². The fourth-order valence-corrected chi connectivity index (χ4v) is 6.40. The Bertz CT molecular complexity index is 1270. The van der Waals surface area contributed by atoms with Gasteiger partial charge in [-0.1, -0.05) is 39.0 Å². The summed E-state index contributed by atoms with van der Waals surface area (Å²) in [6.07, 6.45) is -1.11. The van der Waals surface area contributed by atoms with E-state index in [-0.39, 0.29) is 40.7 Å². The Hall–Kier alpha value is -3.43. The molecule has 9 heteroatoms. The molecule has 2 aromatic rings. The summed E-state index contributed by atoms with van der Waals surface area (Å²) in [6.45, 7) is 8.99. The third kappa shape index (κ3) is 5.86. The van der Waals surface area contributed by atoms with Crippen LogP contribution in [0.1, 0.15) is 51.3 Å². The molecule has 9 nitrogen and oxygen atoms in total. The van der Waals surface area contributed by atoms with Crippen molar-refractivity contribution in [3.8, 4) is 11.5 Å². The fourth-order valence-electron chi connectivity index (χ4n) is 6.40. The number of para-hydroxylation sites is 1. The first-order chi connectivity index (χ1) is 18.9. The van der Waals surface area contributed by atoms with Gasteiger partial charge in [0.1, 0.15) is 29.1 Å². The molecular weight excluding hydrogens is 512 g/mol. The summed E-state index contributed by atoms with van der Waals surface area (Å²) in [4.78, 5) is 40.2. The number of amides is 2. The largest absolute Gasteiger partial charge is 0.497 e. The molecule has 0 saturated carbocycles. The van der Waals surface area contributed by atoms with Gasteiger partial charge in [0.25, 0.3) is 0 Å². The molecule has 4 atom stereocenters. The number of ketones is 1. The number of piperidine rings is 1. The molecule has 216 valence electrons. The van der Waals surface area contributed by atoms with E-state index < -0.39 is 18.1 Å². The number of likely N-dealkylation sites (tertiary alicyclic amines) is 1. The highest BCUT2D eigenvalue weighted by atomic mass is 16.5. The predicted molar refractivity (Wildman–Crippen MR) is 152 cm³/mol. The van der Waals surface area contributed by atoms with Crippen LogP contribution in [0.25, 0.3) is 0 Å². The maximum atomic E-state index is 14.4. The van der Waals surface area contributed by atoms with E-state index in [0.717, 1.165) is 16.8 Å². The van der Waals surface area contributed by atoms with Crippen molar-refractivity contribution in [2.75, 3.05) is 47.0 Å². The number of ether oxygens (including phenoxy) is 3. The van der Waals surface area contributed by atoms with Gasteiger partial charge in [-0.2, -0.15) is 0 Å². The lowest BCUT2D eigenvalue weighted by Crippen LogP contribution is -2.63. The maximum absolute atomic E-state index is 14.4. The van der Waals surface area contributed by atoms with E-state index in [1.807, 2.05) is 42.5 Å². The smallest absolute Gasteiger partial charge is 0.407 e. The average Bonchev–Trinajstić information content (AvgIpc) is 3.01. The Morgan fingerprint density at radius 1 is 1.10 bits per heavy atom. The number of hydrogen-bond donors (Lipinski definition) is 1. The molecule has 0 spiro atoms. The number of Topliss-reactive ketones (excluding diaryl/α,β-unsaturated/α-hetero) is 1. The molecule has 1 N–H and O–H groups in total. The standard InChI is InChI=1S/C31H40N2O7/c1-20(34)25-16-32(30(36)37)14-13-21(25)17-33(19-31(2,3)4)26-12-11-22(38-5)15-24(26)29(40-18-28(33)35)23-9-7-8-10-27(23)39-6/h7-12,15,21,25,29H,13-14,16-19H2,1-6H3/p+1/t21-,25-,29?,33?/m1/s1. The number of hydrogen-bond acceptors (Lipinski definition) is 6. The number of carbonyl (C=O) groups is 3. The van der Waals surface area contributed by atoms with Crippen LogP contribution in [0.2, 0.25) is 0 Å². The van der Waals surface area contributed by atoms with Gasteiger partial charge in [-0.3, -0.25) is 4.79 Å². The van der Waals surface area contributed by atoms with Crippen LogP contribution in [0.3, 0.4) is 0 Å². The fraction of sp³-hybridized carbons (Fsp3) is 0.516. The number of quaternary nitrogens is 1. The van der Waals surface area contributed by atoms with Crippen molar-refractivity contribution in [2.45, 2.75) is 40.2 Å². The Morgan fingerprint density at radius 3 is 2.45 bits per heavy atom. The van der Waals surface area contributed by atoms with Crippen LogP contribution < -0.4 is 14.0 Å². The van der Waals surface area contributed by atoms with Crippen LogP contribution in [-0.2, 0) is 14.3 Å². The number of fused-ring (bicyclic) bond motifs is 1. The van der Waals surface area contributed by atoms with Crippen molar-refractivity contribution in [2.24, 2.45) is 17.3 Å². The quantitative estimate of drug-likeness (QED) is 0.486. The molecule has 2 heterocycles. The highest BCUT2D eigenvalue weighted by Gasteiger charge is 2.51.